The van der Waals surface area contributed by atoms with E-state index in [0.717, 1.165) is 0 Å². The van der Waals surface area contributed by atoms with Gasteiger partial charge in [0.2, 0.25) is 6.10 Å². The second kappa shape index (κ2) is 5.19. The van der Waals surface area contributed by atoms with E-state index in [0.29, 0.717) is 5.56 Å². The first-order valence-electron chi connectivity index (χ1n) is 5.22. The Morgan fingerprint density at radius 2 is 2.00 bits per heavy atom. The zero-order valence-corrected chi connectivity index (χ0v) is 10.6. The lowest BCUT2D eigenvalue weighted by molar-refractivity contribution is -0.384. The number of esters is 1. The van der Waals surface area contributed by atoms with E-state index in [1.807, 2.05) is 0 Å². The summed E-state index contributed by atoms with van der Waals surface area (Å²) in [6, 6.07) is 5.59. The molecule has 1 fully saturated rings. The first-order valence-corrected chi connectivity index (χ1v) is 5.63. The van der Waals surface area contributed by atoms with E-state index in [-0.39, 0.29) is 10.9 Å². The van der Waals surface area contributed by atoms with Gasteiger partial charge >= 0.3 is 11.2 Å². The average Bonchev–Trinajstić information content (AvgIpc) is 2.80. The number of ether oxygens (including phenoxy) is 3. The Hall–Kier alpha value is -2.22. The van der Waals surface area contributed by atoms with Crippen LogP contribution in [-0.2, 0) is 19.0 Å². The predicted octanol–water partition coefficient (Wildman–Crippen LogP) is 1.51. The third-order valence-electron chi connectivity index (χ3n) is 2.59. The van der Waals surface area contributed by atoms with Gasteiger partial charge in [0, 0.05) is 24.4 Å². The molecular formula is C11H9NO6S. The largest absolute Gasteiger partial charge is 0.466 e. The molecule has 1 heterocycles. The number of hydrogen-bond acceptors (Lipinski definition) is 7. The summed E-state index contributed by atoms with van der Waals surface area (Å²) in [7, 11) is 1.22. The molecule has 8 heteroatoms. The Balaban J connectivity index is 2.26. The highest BCUT2D eigenvalue weighted by molar-refractivity contribution is 7.79. The maximum absolute atomic E-state index is 11.5. The molecule has 1 saturated heterocycles. The third kappa shape index (κ3) is 2.63. The van der Waals surface area contributed by atoms with Crippen LogP contribution >= 0.6 is 12.2 Å². The molecule has 1 aliphatic heterocycles. The molecule has 1 aromatic carbocycles. The SMILES string of the molecule is COC(=O)C1OC(=S)OC1c1ccc([N+](=O)[O-])cc1. The highest BCUT2D eigenvalue weighted by Gasteiger charge is 2.41. The lowest BCUT2D eigenvalue weighted by atomic mass is 10.0. The maximum Gasteiger partial charge on any atom is 0.354 e. The van der Waals surface area contributed by atoms with Gasteiger partial charge in [0.15, 0.2) is 6.10 Å². The van der Waals surface area contributed by atoms with Gasteiger partial charge in [-0.2, -0.15) is 0 Å². The molecule has 100 valence electrons. The number of methoxy groups -OCH3 is 1. The summed E-state index contributed by atoms with van der Waals surface area (Å²) < 4.78 is 14.9. The number of non-ortho nitro benzene ring substituents is 1. The van der Waals surface area contributed by atoms with Crippen molar-refractivity contribution in [2.24, 2.45) is 0 Å². The fourth-order valence-corrected chi connectivity index (χ4v) is 1.88. The number of thiocarbonyl (C=S) groups is 1. The average molecular weight is 283 g/mol. The highest BCUT2D eigenvalue weighted by Crippen LogP contribution is 2.31. The molecule has 1 aliphatic rings. The van der Waals surface area contributed by atoms with Gasteiger partial charge in [-0.15, -0.1) is 0 Å². The predicted molar refractivity (Wildman–Crippen MR) is 66.4 cm³/mol. The van der Waals surface area contributed by atoms with Crippen molar-refractivity contribution in [3.05, 3.63) is 39.9 Å². The molecule has 2 rings (SSSR count). The zero-order chi connectivity index (χ0) is 14.0. The summed E-state index contributed by atoms with van der Waals surface area (Å²) in [5.74, 6) is -0.622. The Kier molecular flexibility index (Phi) is 3.61. The summed E-state index contributed by atoms with van der Waals surface area (Å²) >= 11 is 4.75. The zero-order valence-electron chi connectivity index (χ0n) is 9.77. The van der Waals surface area contributed by atoms with Crippen molar-refractivity contribution >= 4 is 29.1 Å². The van der Waals surface area contributed by atoms with Crippen molar-refractivity contribution in [1.82, 2.24) is 0 Å². The fraction of sp³-hybridized carbons (Fsp3) is 0.273. The number of benzene rings is 1. The van der Waals surface area contributed by atoms with E-state index in [1.165, 1.54) is 31.4 Å². The minimum atomic E-state index is -1.00. The topological polar surface area (TPSA) is 87.9 Å². The molecule has 7 nitrogen and oxygen atoms in total. The highest BCUT2D eigenvalue weighted by atomic mass is 32.1. The molecule has 0 aromatic heterocycles. The quantitative estimate of drug-likeness (QED) is 0.359. The number of carbonyl (C=O) groups is 1. The van der Waals surface area contributed by atoms with E-state index < -0.39 is 23.1 Å². The van der Waals surface area contributed by atoms with Crippen molar-refractivity contribution in [2.45, 2.75) is 12.2 Å². The summed E-state index contributed by atoms with van der Waals surface area (Å²) in [5.41, 5.74) is 0.487. The molecule has 2 unspecified atom stereocenters. The number of nitrogens with zero attached hydrogens (tertiary/aromatic N) is 1. The maximum atomic E-state index is 11.5. The van der Waals surface area contributed by atoms with Crippen molar-refractivity contribution < 1.29 is 23.9 Å². The molecule has 2 atom stereocenters. The number of hydrogen-bond donors (Lipinski definition) is 0. The van der Waals surface area contributed by atoms with Crippen LogP contribution in [0.15, 0.2) is 24.3 Å². The Bertz CT molecular complexity index is 528. The van der Waals surface area contributed by atoms with Crippen LogP contribution in [0.25, 0.3) is 0 Å². The molecule has 0 aliphatic carbocycles. The molecule has 1 aromatic rings. The monoisotopic (exact) mass is 283 g/mol. The Morgan fingerprint density at radius 3 is 2.53 bits per heavy atom. The van der Waals surface area contributed by atoms with Crippen LogP contribution in [0.1, 0.15) is 11.7 Å². The van der Waals surface area contributed by atoms with E-state index in [1.54, 1.807) is 0 Å². The lowest BCUT2D eigenvalue weighted by Gasteiger charge is -2.13. The van der Waals surface area contributed by atoms with Gasteiger partial charge in [0.05, 0.1) is 12.0 Å². The van der Waals surface area contributed by atoms with Crippen LogP contribution in [0.2, 0.25) is 0 Å². The van der Waals surface area contributed by atoms with Crippen molar-refractivity contribution in [3.8, 4) is 0 Å². The first-order chi connectivity index (χ1) is 9.02. The van der Waals surface area contributed by atoms with Crippen molar-refractivity contribution in [3.63, 3.8) is 0 Å². The number of nitro groups is 1. The molecule has 0 amide bonds. The Morgan fingerprint density at radius 1 is 1.37 bits per heavy atom. The summed E-state index contributed by atoms with van der Waals surface area (Å²) in [6.45, 7) is 0. The molecule has 0 N–H and O–H groups in total. The summed E-state index contributed by atoms with van der Waals surface area (Å²) in [5, 5.41) is 10.4. The normalized spacial score (nSPS) is 21.4. The second-order valence-corrected chi connectivity index (χ2v) is 4.03. The summed E-state index contributed by atoms with van der Waals surface area (Å²) in [4.78, 5) is 21.6. The molecule has 0 spiro atoms. The van der Waals surface area contributed by atoms with E-state index >= 15 is 0 Å². The molecular weight excluding hydrogens is 274 g/mol. The van der Waals surface area contributed by atoms with Gasteiger partial charge in [0.25, 0.3) is 5.69 Å². The lowest BCUT2D eigenvalue weighted by Crippen LogP contribution is -2.27. The van der Waals surface area contributed by atoms with E-state index in [9.17, 15) is 14.9 Å². The molecule has 0 radical (unpaired) electrons. The number of carbonyl (C=O) groups excluding carboxylic acids is 1. The van der Waals surface area contributed by atoms with Crippen LogP contribution in [-0.4, -0.2) is 29.3 Å². The minimum Gasteiger partial charge on any atom is -0.466 e. The fourth-order valence-electron chi connectivity index (χ4n) is 1.68. The van der Waals surface area contributed by atoms with Crippen LogP contribution < -0.4 is 0 Å². The van der Waals surface area contributed by atoms with Crippen LogP contribution in [0, 0.1) is 10.1 Å². The van der Waals surface area contributed by atoms with Gasteiger partial charge in [-0.3, -0.25) is 10.1 Å². The third-order valence-corrected chi connectivity index (χ3v) is 2.78. The van der Waals surface area contributed by atoms with E-state index in [4.69, 9.17) is 21.7 Å². The van der Waals surface area contributed by atoms with Crippen molar-refractivity contribution in [2.75, 3.05) is 7.11 Å². The number of nitro benzene ring substituents is 1. The van der Waals surface area contributed by atoms with Gasteiger partial charge in [-0.05, 0) is 17.7 Å². The van der Waals surface area contributed by atoms with E-state index in [2.05, 4.69) is 4.74 Å². The Labute approximate surface area is 113 Å². The number of rotatable bonds is 3. The van der Waals surface area contributed by atoms with Gasteiger partial charge in [-0.1, -0.05) is 0 Å². The standard InChI is InChI=1S/C11H9NO6S/c1-16-10(13)9-8(17-11(19)18-9)6-2-4-7(5-3-6)12(14)15/h2-5,8-9H,1H3. The second-order valence-electron chi connectivity index (χ2n) is 3.70. The molecule has 19 heavy (non-hydrogen) atoms. The summed E-state index contributed by atoms with van der Waals surface area (Å²) in [6.07, 6.45) is -1.76. The first kappa shape index (κ1) is 13.2. The molecule has 0 bridgehead atoms. The van der Waals surface area contributed by atoms with Gasteiger partial charge in [0.1, 0.15) is 0 Å². The van der Waals surface area contributed by atoms with Crippen LogP contribution in [0.4, 0.5) is 5.69 Å². The molecule has 0 saturated carbocycles. The van der Waals surface area contributed by atoms with Crippen LogP contribution in [0.3, 0.4) is 0 Å². The minimum absolute atomic E-state index is 0.0557. The van der Waals surface area contributed by atoms with Gasteiger partial charge < -0.3 is 14.2 Å². The smallest absolute Gasteiger partial charge is 0.354 e. The van der Waals surface area contributed by atoms with Gasteiger partial charge in [-0.25, -0.2) is 4.79 Å². The van der Waals surface area contributed by atoms with Crippen molar-refractivity contribution in [1.29, 1.82) is 0 Å². The van der Waals surface area contributed by atoms with Crippen LogP contribution in [0.5, 0.6) is 0 Å².